The van der Waals surface area contributed by atoms with E-state index in [4.69, 9.17) is 10.5 Å². The molecule has 0 fully saturated rings. The predicted octanol–water partition coefficient (Wildman–Crippen LogP) is 3.85. The zero-order valence-electron chi connectivity index (χ0n) is 11.4. The molecule has 1 atom stereocenters. The van der Waals surface area contributed by atoms with Gasteiger partial charge in [0.15, 0.2) is 0 Å². The van der Waals surface area contributed by atoms with E-state index in [1.807, 2.05) is 0 Å². The highest BCUT2D eigenvalue weighted by molar-refractivity contribution is 9.10. The topological polar surface area (TPSA) is 47.3 Å². The SMILES string of the molecule is COc1ccc(F)c(NC(CN)c2cc(F)ccc2Br)c1. The number of rotatable bonds is 5. The van der Waals surface area contributed by atoms with Gasteiger partial charge in [-0.05, 0) is 35.9 Å². The Bertz CT molecular complexity index is 637. The average molecular weight is 357 g/mol. The lowest BCUT2D eigenvalue weighted by molar-refractivity contribution is 0.414. The summed E-state index contributed by atoms with van der Waals surface area (Å²) >= 11 is 3.35. The van der Waals surface area contributed by atoms with E-state index < -0.39 is 11.9 Å². The van der Waals surface area contributed by atoms with Crippen LogP contribution in [0, 0.1) is 11.6 Å². The van der Waals surface area contributed by atoms with E-state index in [1.54, 1.807) is 6.07 Å². The molecular formula is C15H15BrF2N2O. The molecule has 0 saturated heterocycles. The van der Waals surface area contributed by atoms with Crippen molar-refractivity contribution in [2.24, 2.45) is 5.73 Å². The number of hydrogen-bond acceptors (Lipinski definition) is 3. The zero-order valence-corrected chi connectivity index (χ0v) is 13.0. The molecule has 0 aliphatic heterocycles. The monoisotopic (exact) mass is 356 g/mol. The van der Waals surface area contributed by atoms with Gasteiger partial charge in [-0.15, -0.1) is 0 Å². The average Bonchev–Trinajstić information content (AvgIpc) is 2.49. The van der Waals surface area contributed by atoms with Gasteiger partial charge in [0.2, 0.25) is 0 Å². The summed E-state index contributed by atoms with van der Waals surface area (Å²) in [6.07, 6.45) is 0. The number of benzene rings is 2. The molecule has 2 aromatic rings. The summed E-state index contributed by atoms with van der Waals surface area (Å²) in [6.45, 7) is 0.179. The van der Waals surface area contributed by atoms with Crippen LogP contribution in [0.25, 0.3) is 0 Å². The molecule has 0 aliphatic rings. The second-order valence-electron chi connectivity index (χ2n) is 4.44. The summed E-state index contributed by atoms with van der Waals surface area (Å²) in [7, 11) is 1.50. The first-order valence-corrected chi connectivity index (χ1v) is 7.09. The van der Waals surface area contributed by atoms with Crippen molar-refractivity contribution in [3.05, 3.63) is 58.1 Å². The Hall–Kier alpha value is -1.66. The molecule has 0 heterocycles. The number of anilines is 1. The van der Waals surface area contributed by atoms with Crippen LogP contribution in [0.15, 0.2) is 40.9 Å². The molecule has 21 heavy (non-hydrogen) atoms. The second-order valence-corrected chi connectivity index (χ2v) is 5.30. The van der Waals surface area contributed by atoms with Gasteiger partial charge in [0.25, 0.3) is 0 Å². The van der Waals surface area contributed by atoms with E-state index in [-0.39, 0.29) is 18.0 Å². The van der Waals surface area contributed by atoms with Crippen molar-refractivity contribution in [3.8, 4) is 5.75 Å². The van der Waals surface area contributed by atoms with Crippen molar-refractivity contribution < 1.29 is 13.5 Å². The molecule has 6 heteroatoms. The van der Waals surface area contributed by atoms with E-state index >= 15 is 0 Å². The van der Waals surface area contributed by atoms with Crippen molar-refractivity contribution in [2.75, 3.05) is 19.0 Å². The molecule has 0 saturated carbocycles. The number of methoxy groups -OCH3 is 1. The normalized spacial score (nSPS) is 12.0. The minimum atomic E-state index is -0.434. The summed E-state index contributed by atoms with van der Waals surface area (Å²) in [5, 5.41) is 2.98. The third-order valence-corrected chi connectivity index (χ3v) is 3.79. The van der Waals surface area contributed by atoms with Crippen LogP contribution >= 0.6 is 15.9 Å². The Labute approximate surface area is 130 Å². The van der Waals surface area contributed by atoms with E-state index in [0.717, 1.165) is 0 Å². The smallest absolute Gasteiger partial charge is 0.146 e. The third-order valence-electron chi connectivity index (χ3n) is 3.07. The van der Waals surface area contributed by atoms with Crippen LogP contribution in [0.5, 0.6) is 5.75 Å². The van der Waals surface area contributed by atoms with Gasteiger partial charge in [0.1, 0.15) is 17.4 Å². The summed E-state index contributed by atoms with van der Waals surface area (Å²) in [5.74, 6) is -0.283. The fraction of sp³-hybridized carbons (Fsp3) is 0.200. The van der Waals surface area contributed by atoms with E-state index in [9.17, 15) is 8.78 Å². The van der Waals surface area contributed by atoms with Gasteiger partial charge in [-0.3, -0.25) is 0 Å². The van der Waals surface area contributed by atoms with Gasteiger partial charge in [0.05, 0.1) is 18.8 Å². The number of ether oxygens (including phenoxy) is 1. The maximum absolute atomic E-state index is 13.9. The van der Waals surface area contributed by atoms with E-state index in [2.05, 4.69) is 21.2 Å². The number of nitrogens with two attached hydrogens (primary N) is 1. The van der Waals surface area contributed by atoms with E-state index in [1.165, 1.54) is 37.4 Å². The van der Waals surface area contributed by atoms with Gasteiger partial charge in [-0.25, -0.2) is 8.78 Å². The Morgan fingerprint density at radius 1 is 1.24 bits per heavy atom. The van der Waals surface area contributed by atoms with Gasteiger partial charge >= 0.3 is 0 Å². The highest BCUT2D eigenvalue weighted by Gasteiger charge is 2.16. The van der Waals surface area contributed by atoms with Crippen LogP contribution < -0.4 is 15.8 Å². The zero-order chi connectivity index (χ0) is 15.4. The van der Waals surface area contributed by atoms with Crippen LogP contribution in [0.1, 0.15) is 11.6 Å². The highest BCUT2D eigenvalue weighted by atomic mass is 79.9. The minimum Gasteiger partial charge on any atom is -0.497 e. The molecule has 0 spiro atoms. The predicted molar refractivity (Wildman–Crippen MR) is 82.5 cm³/mol. The summed E-state index contributed by atoms with van der Waals surface area (Å²) in [6, 6.07) is 8.23. The first-order chi connectivity index (χ1) is 10.0. The van der Waals surface area contributed by atoms with Crippen molar-refractivity contribution in [2.45, 2.75) is 6.04 Å². The molecular weight excluding hydrogens is 342 g/mol. The molecule has 0 aromatic heterocycles. The van der Waals surface area contributed by atoms with Crippen molar-refractivity contribution in [1.82, 2.24) is 0 Å². The van der Waals surface area contributed by atoms with Crippen LogP contribution in [-0.4, -0.2) is 13.7 Å². The number of halogens is 3. The maximum Gasteiger partial charge on any atom is 0.146 e. The second kappa shape index (κ2) is 6.87. The lowest BCUT2D eigenvalue weighted by Crippen LogP contribution is -2.21. The lowest BCUT2D eigenvalue weighted by Gasteiger charge is -2.20. The molecule has 2 aromatic carbocycles. The standard InChI is InChI=1S/C15H15BrF2N2O/c1-21-10-3-5-13(18)14(7-10)20-15(8-19)11-6-9(17)2-4-12(11)16/h2-7,15,20H,8,19H2,1H3. The molecule has 112 valence electrons. The first kappa shape index (κ1) is 15.7. The van der Waals surface area contributed by atoms with Gasteiger partial charge in [-0.2, -0.15) is 0 Å². The molecule has 3 nitrogen and oxygen atoms in total. The molecule has 0 amide bonds. The molecule has 0 aliphatic carbocycles. The molecule has 2 rings (SSSR count). The summed E-state index contributed by atoms with van der Waals surface area (Å²) < 4.78 is 33.0. The molecule has 1 unspecified atom stereocenters. The Balaban J connectivity index is 2.33. The van der Waals surface area contributed by atoms with Crippen LogP contribution in [0.4, 0.5) is 14.5 Å². The third kappa shape index (κ3) is 3.71. The Morgan fingerprint density at radius 3 is 2.67 bits per heavy atom. The quantitative estimate of drug-likeness (QED) is 0.855. The molecule has 0 radical (unpaired) electrons. The minimum absolute atomic E-state index is 0.179. The fourth-order valence-corrected chi connectivity index (χ4v) is 2.50. The van der Waals surface area contributed by atoms with Gasteiger partial charge in [-0.1, -0.05) is 15.9 Å². The fourth-order valence-electron chi connectivity index (χ4n) is 1.97. The summed E-state index contributed by atoms with van der Waals surface area (Å²) in [5.41, 5.74) is 6.61. The first-order valence-electron chi connectivity index (χ1n) is 6.30. The Morgan fingerprint density at radius 2 is 2.00 bits per heavy atom. The number of hydrogen-bond donors (Lipinski definition) is 2. The van der Waals surface area contributed by atoms with E-state index in [0.29, 0.717) is 15.8 Å². The Kier molecular flexibility index (Phi) is 5.14. The largest absolute Gasteiger partial charge is 0.497 e. The summed E-state index contributed by atoms with van der Waals surface area (Å²) in [4.78, 5) is 0. The van der Waals surface area contributed by atoms with Crippen LogP contribution in [-0.2, 0) is 0 Å². The van der Waals surface area contributed by atoms with Crippen LogP contribution in [0.3, 0.4) is 0 Å². The van der Waals surface area contributed by atoms with Gasteiger partial charge in [0, 0.05) is 17.1 Å². The molecule has 0 bridgehead atoms. The lowest BCUT2D eigenvalue weighted by atomic mass is 10.1. The van der Waals surface area contributed by atoms with Crippen molar-refractivity contribution in [3.63, 3.8) is 0 Å². The maximum atomic E-state index is 13.9. The molecule has 3 N–H and O–H groups in total. The number of nitrogens with one attached hydrogen (secondary N) is 1. The highest BCUT2D eigenvalue weighted by Crippen LogP contribution is 2.29. The van der Waals surface area contributed by atoms with Crippen molar-refractivity contribution >= 4 is 21.6 Å². The van der Waals surface area contributed by atoms with Gasteiger partial charge < -0.3 is 15.8 Å². The van der Waals surface area contributed by atoms with Crippen LogP contribution in [0.2, 0.25) is 0 Å². The van der Waals surface area contributed by atoms with Crippen molar-refractivity contribution in [1.29, 1.82) is 0 Å².